The summed E-state index contributed by atoms with van der Waals surface area (Å²) < 4.78 is 26.7. The SMILES string of the molecule is O=S(=O)(NCc1ccccc1O)c1cc(Cl)ccc1Cl. The largest absolute Gasteiger partial charge is 0.508 e. The molecule has 0 heterocycles. The highest BCUT2D eigenvalue weighted by atomic mass is 35.5. The van der Waals surface area contributed by atoms with E-state index in [1.54, 1.807) is 18.2 Å². The first-order valence-electron chi connectivity index (χ1n) is 5.62. The molecular formula is C13H11Cl2NO3S. The van der Waals surface area contributed by atoms with Gasteiger partial charge in [0, 0.05) is 17.1 Å². The second-order valence-corrected chi connectivity index (χ2v) is 6.61. The zero-order chi connectivity index (χ0) is 14.8. The molecule has 0 aliphatic rings. The lowest BCUT2D eigenvalue weighted by molar-refractivity contribution is 0.467. The zero-order valence-electron chi connectivity index (χ0n) is 10.2. The van der Waals surface area contributed by atoms with Gasteiger partial charge in [0.1, 0.15) is 10.6 Å². The first-order chi connectivity index (χ1) is 9.40. The first kappa shape index (κ1) is 15.1. The molecule has 2 N–H and O–H groups in total. The van der Waals surface area contributed by atoms with Gasteiger partial charge in [0.05, 0.1) is 5.02 Å². The van der Waals surface area contributed by atoms with E-state index >= 15 is 0 Å². The second kappa shape index (κ2) is 6.01. The number of phenols is 1. The van der Waals surface area contributed by atoms with Crippen LogP contribution in [0.4, 0.5) is 0 Å². The van der Waals surface area contributed by atoms with Gasteiger partial charge >= 0.3 is 0 Å². The third-order valence-electron chi connectivity index (χ3n) is 2.63. The van der Waals surface area contributed by atoms with Crippen LogP contribution in [0, 0.1) is 0 Å². The van der Waals surface area contributed by atoms with Crippen LogP contribution in [0.3, 0.4) is 0 Å². The van der Waals surface area contributed by atoms with Crippen LogP contribution < -0.4 is 4.72 Å². The molecule has 0 radical (unpaired) electrons. The van der Waals surface area contributed by atoms with Gasteiger partial charge in [-0.15, -0.1) is 0 Å². The molecule has 0 bridgehead atoms. The van der Waals surface area contributed by atoms with Gasteiger partial charge in [-0.1, -0.05) is 41.4 Å². The number of hydrogen-bond donors (Lipinski definition) is 2. The minimum absolute atomic E-state index is 0.0207. The summed E-state index contributed by atoms with van der Waals surface area (Å²) in [7, 11) is -3.81. The van der Waals surface area contributed by atoms with Gasteiger partial charge in [0.2, 0.25) is 10.0 Å². The highest BCUT2D eigenvalue weighted by molar-refractivity contribution is 7.89. The number of phenolic OH excluding ortho intramolecular Hbond substituents is 1. The van der Waals surface area contributed by atoms with E-state index in [1.807, 2.05) is 0 Å². The Hall–Kier alpha value is -1.27. The number of aromatic hydroxyl groups is 1. The summed E-state index contributed by atoms with van der Waals surface area (Å²) >= 11 is 11.6. The van der Waals surface area contributed by atoms with E-state index in [0.717, 1.165) is 0 Å². The van der Waals surface area contributed by atoms with E-state index in [9.17, 15) is 13.5 Å². The maximum absolute atomic E-state index is 12.2. The maximum atomic E-state index is 12.2. The Labute approximate surface area is 127 Å². The fourth-order valence-electron chi connectivity index (χ4n) is 1.59. The Morgan fingerprint density at radius 1 is 1.10 bits per heavy atom. The van der Waals surface area contributed by atoms with Crippen LogP contribution in [0.1, 0.15) is 5.56 Å². The predicted molar refractivity (Wildman–Crippen MR) is 78.6 cm³/mol. The second-order valence-electron chi connectivity index (χ2n) is 4.03. The van der Waals surface area contributed by atoms with Crippen molar-refractivity contribution in [3.8, 4) is 5.75 Å². The van der Waals surface area contributed by atoms with Gasteiger partial charge in [-0.3, -0.25) is 0 Å². The molecule has 2 aromatic carbocycles. The minimum atomic E-state index is -3.81. The topological polar surface area (TPSA) is 66.4 Å². The number of sulfonamides is 1. The Bertz CT molecular complexity index is 732. The monoisotopic (exact) mass is 331 g/mol. The van der Waals surface area contributed by atoms with Crippen LogP contribution in [-0.4, -0.2) is 13.5 Å². The number of benzene rings is 2. The molecule has 0 atom stereocenters. The summed E-state index contributed by atoms with van der Waals surface area (Å²) in [5, 5.41) is 9.95. The van der Waals surface area contributed by atoms with E-state index in [-0.39, 0.29) is 27.2 Å². The van der Waals surface area contributed by atoms with E-state index in [4.69, 9.17) is 23.2 Å². The lowest BCUT2D eigenvalue weighted by Gasteiger charge is -2.09. The lowest BCUT2D eigenvalue weighted by Crippen LogP contribution is -2.23. The summed E-state index contributed by atoms with van der Waals surface area (Å²) in [5.74, 6) is 0.0207. The fraction of sp³-hybridized carbons (Fsp3) is 0.0769. The molecule has 0 aliphatic heterocycles. The van der Waals surface area contributed by atoms with E-state index in [2.05, 4.69) is 4.72 Å². The van der Waals surface area contributed by atoms with Crippen LogP contribution in [0.2, 0.25) is 10.0 Å². The predicted octanol–water partition coefficient (Wildman–Crippen LogP) is 3.18. The van der Waals surface area contributed by atoms with Crippen LogP contribution in [0.15, 0.2) is 47.4 Å². The molecule has 0 aromatic heterocycles. The Kier molecular flexibility index (Phi) is 4.55. The normalized spacial score (nSPS) is 11.5. The van der Waals surface area contributed by atoms with Gasteiger partial charge in [-0.05, 0) is 24.3 Å². The number of para-hydroxylation sites is 1. The molecule has 7 heteroatoms. The van der Waals surface area contributed by atoms with Crippen molar-refractivity contribution in [2.75, 3.05) is 0 Å². The van der Waals surface area contributed by atoms with Gasteiger partial charge in [-0.2, -0.15) is 0 Å². The zero-order valence-corrected chi connectivity index (χ0v) is 12.5. The molecule has 4 nitrogen and oxygen atoms in total. The molecule has 0 saturated heterocycles. The van der Waals surface area contributed by atoms with Crippen molar-refractivity contribution in [3.05, 3.63) is 58.1 Å². The van der Waals surface area contributed by atoms with E-state index in [0.29, 0.717) is 5.56 Å². The number of halogens is 2. The standard InChI is InChI=1S/C13H11Cl2NO3S/c14-10-5-6-11(15)13(7-10)20(18,19)16-8-9-3-1-2-4-12(9)17/h1-7,16-17H,8H2. The summed E-state index contributed by atoms with van der Waals surface area (Å²) in [6.07, 6.45) is 0. The molecule has 0 fully saturated rings. The minimum Gasteiger partial charge on any atom is -0.508 e. The van der Waals surface area contributed by atoms with Gasteiger partial charge < -0.3 is 5.11 Å². The van der Waals surface area contributed by atoms with Crippen molar-refractivity contribution >= 4 is 33.2 Å². The molecule has 2 aromatic rings. The molecule has 0 spiro atoms. The summed E-state index contributed by atoms with van der Waals surface area (Å²) in [5.41, 5.74) is 0.467. The third kappa shape index (κ3) is 3.43. The van der Waals surface area contributed by atoms with Crippen LogP contribution in [0.25, 0.3) is 0 Å². The molecule has 106 valence electrons. The van der Waals surface area contributed by atoms with Crippen molar-refractivity contribution in [3.63, 3.8) is 0 Å². The summed E-state index contributed by atoms with van der Waals surface area (Å²) in [6.45, 7) is -0.0438. The Balaban J connectivity index is 2.24. The maximum Gasteiger partial charge on any atom is 0.242 e. The fourth-order valence-corrected chi connectivity index (χ4v) is 3.36. The lowest BCUT2D eigenvalue weighted by atomic mass is 10.2. The Morgan fingerprint density at radius 2 is 1.80 bits per heavy atom. The van der Waals surface area contributed by atoms with Crippen molar-refractivity contribution in [2.45, 2.75) is 11.4 Å². The number of rotatable bonds is 4. The molecule has 20 heavy (non-hydrogen) atoms. The van der Waals surface area contributed by atoms with E-state index < -0.39 is 10.0 Å². The quantitative estimate of drug-likeness (QED) is 0.904. The number of nitrogens with one attached hydrogen (secondary N) is 1. The molecule has 0 amide bonds. The van der Waals surface area contributed by atoms with Gasteiger partial charge in [-0.25, -0.2) is 13.1 Å². The van der Waals surface area contributed by atoms with Crippen molar-refractivity contribution in [1.82, 2.24) is 4.72 Å². The average Bonchev–Trinajstić information content (AvgIpc) is 2.40. The van der Waals surface area contributed by atoms with Crippen LogP contribution >= 0.6 is 23.2 Å². The highest BCUT2D eigenvalue weighted by Gasteiger charge is 2.18. The van der Waals surface area contributed by atoms with Crippen LogP contribution in [0.5, 0.6) is 5.75 Å². The van der Waals surface area contributed by atoms with Gasteiger partial charge in [0.25, 0.3) is 0 Å². The summed E-state index contributed by atoms with van der Waals surface area (Å²) in [4.78, 5) is -0.0953. The molecule has 2 rings (SSSR count). The molecule has 0 unspecified atom stereocenters. The van der Waals surface area contributed by atoms with Crippen molar-refractivity contribution in [1.29, 1.82) is 0 Å². The average molecular weight is 332 g/mol. The Morgan fingerprint density at radius 3 is 2.50 bits per heavy atom. The van der Waals surface area contributed by atoms with Crippen molar-refractivity contribution in [2.24, 2.45) is 0 Å². The smallest absolute Gasteiger partial charge is 0.242 e. The highest BCUT2D eigenvalue weighted by Crippen LogP contribution is 2.25. The number of hydrogen-bond acceptors (Lipinski definition) is 3. The first-order valence-corrected chi connectivity index (χ1v) is 7.85. The van der Waals surface area contributed by atoms with Crippen molar-refractivity contribution < 1.29 is 13.5 Å². The van der Waals surface area contributed by atoms with E-state index in [1.165, 1.54) is 24.3 Å². The van der Waals surface area contributed by atoms with Gasteiger partial charge in [0.15, 0.2) is 0 Å². The van der Waals surface area contributed by atoms with Crippen LogP contribution in [-0.2, 0) is 16.6 Å². The third-order valence-corrected chi connectivity index (χ3v) is 4.74. The molecular weight excluding hydrogens is 321 g/mol. The molecule has 0 aliphatic carbocycles. The summed E-state index contributed by atoms with van der Waals surface area (Å²) in [6, 6.07) is 10.7. The molecule has 0 saturated carbocycles.